The molecule has 0 amide bonds. The lowest BCUT2D eigenvalue weighted by molar-refractivity contribution is 0.466. The van der Waals surface area contributed by atoms with Gasteiger partial charge in [-0.05, 0) is 48.9 Å². The zero-order chi connectivity index (χ0) is 21.4. The summed E-state index contributed by atoms with van der Waals surface area (Å²) >= 11 is 0. The van der Waals surface area contributed by atoms with Gasteiger partial charge in [-0.2, -0.15) is 0 Å². The quantitative estimate of drug-likeness (QED) is 0.412. The molecule has 0 radical (unpaired) electrons. The van der Waals surface area contributed by atoms with Crippen LogP contribution in [0.4, 0.5) is 0 Å². The Morgan fingerprint density at radius 1 is 0.355 bits per heavy atom. The fraction of sp³-hybridized carbons (Fsp3) is 0.600. The smallest absolute Gasteiger partial charge is 0.130 e. The molecular weight excluding hydrogens is 376 g/mol. The van der Waals surface area contributed by atoms with Crippen LogP contribution in [-0.4, -0.2) is 0 Å². The van der Waals surface area contributed by atoms with Gasteiger partial charge in [-0.15, -0.1) is 0 Å². The minimum Gasteiger partial charge on any atom is -0.457 e. The van der Waals surface area contributed by atoms with Gasteiger partial charge in [-0.1, -0.05) is 126 Å². The van der Waals surface area contributed by atoms with Gasteiger partial charge in [0.2, 0.25) is 0 Å². The van der Waals surface area contributed by atoms with Crippen molar-refractivity contribution in [2.75, 3.05) is 0 Å². The lowest BCUT2D eigenvalue weighted by Crippen LogP contribution is -1.96. The van der Waals surface area contributed by atoms with Crippen LogP contribution in [0, 0.1) is 0 Å². The third-order valence-corrected chi connectivity index (χ3v) is 6.81. The van der Waals surface area contributed by atoms with Gasteiger partial charge in [0, 0.05) is 0 Å². The van der Waals surface area contributed by atoms with Crippen LogP contribution in [0.15, 0.2) is 48.5 Å². The van der Waals surface area contributed by atoms with E-state index in [1.54, 1.807) is 0 Å². The Bertz CT molecular complexity index is 658. The Balaban J connectivity index is 1.58. The predicted octanol–water partition coefficient (Wildman–Crippen LogP) is 9.82. The molecule has 0 saturated heterocycles. The number of rotatable bonds is 0. The number of para-hydroxylation sites is 2. The van der Waals surface area contributed by atoms with Crippen molar-refractivity contribution in [2.45, 2.75) is 116 Å². The lowest BCUT2D eigenvalue weighted by atomic mass is 10.0. The van der Waals surface area contributed by atoms with E-state index in [2.05, 4.69) is 48.5 Å². The summed E-state index contributed by atoms with van der Waals surface area (Å²) in [6, 6.07) is 17.3. The van der Waals surface area contributed by atoms with Gasteiger partial charge >= 0.3 is 0 Å². The van der Waals surface area contributed by atoms with E-state index in [9.17, 15) is 0 Å². The monoisotopic (exact) mass is 420 g/mol. The zero-order valence-electron chi connectivity index (χ0n) is 19.8. The minimum atomic E-state index is 1.05. The van der Waals surface area contributed by atoms with Crippen molar-refractivity contribution in [1.82, 2.24) is 0 Å². The highest BCUT2D eigenvalue weighted by Gasteiger charge is 2.08. The Morgan fingerprint density at radius 3 is 1.00 bits per heavy atom. The molecule has 31 heavy (non-hydrogen) atoms. The summed E-state index contributed by atoms with van der Waals surface area (Å²) in [7, 11) is 0. The number of fused-ring (bicyclic) bond motifs is 2. The Morgan fingerprint density at radius 2 is 0.645 bits per heavy atom. The molecule has 1 aliphatic heterocycles. The second-order valence-electron chi connectivity index (χ2n) is 9.47. The van der Waals surface area contributed by atoms with Gasteiger partial charge in [0.1, 0.15) is 11.5 Å². The SMILES string of the molecule is c1ccc2c(c1)CCCCCCCCCCCCCCCCCCc1ccccc1O2. The molecule has 0 fully saturated rings. The molecule has 0 bridgehead atoms. The molecule has 0 unspecified atom stereocenters. The largest absolute Gasteiger partial charge is 0.457 e. The van der Waals surface area contributed by atoms with Gasteiger partial charge < -0.3 is 4.74 Å². The standard InChI is InChI=1S/C30H44O/c1-2-4-6-8-10-12-14-16-22-28-24-18-20-26-30(28)31-29-25-19-17-23-27(29)21-15-13-11-9-7-5-3-1/h17-20,23-26H,1-16,21-22H2. The van der Waals surface area contributed by atoms with E-state index in [0.717, 1.165) is 24.3 Å². The summed E-state index contributed by atoms with van der Waals surface area (Å²) < 4.78 is 6.47. The predicted molar refractivity (Wildman–Crippen MR) is 134 cm³/mol. The molecule has 170 valence electrons. The van der Waals surface area contributed by atoms with Crippen LogP contribution in [-0.2, 0) is 12.8 Å². The van der Waals surface area contributed by atoms with E-state index in [1.807, 2.05) is 0 Å². The van der Waals surface area contributed by atoms with Crippen molar-refractivity contribution >= 4 is 0 Å². The molecule has 2 aromatic rings. The fourth-order valence-electron chi connectivity index (χ4n) is 4.84. The van der Waals surface area contributed by atoms with E-state index in [0.29, 0.717) is 0 Å². The van der Waals surface area contributed by atoms with Crippen molar-refractivity contribution in [3.05, 3.63) is 59.7 Å². The van der Waals surface area contributed by atoms with E-state index in [4.69, 9.17) is 4.74 Å². The molecule has 0 atom stereocenters. The number of benzene rings is 2. The highest BCUT2D eigenvalue weighted by atomic mass is 16.5. The average molecular weight is 421 g/mol. The van der Waals surface area contributed by atoms with Crippen LogP contribution >= 0.6 is 0 Å². The van der Waals surface area contributed by atoms with Crippen molar-refractivity contribution < 1.29 is 4.74 Å². The second-order valence-corrected chi connectivity index (χ2v) is 9.47. The maximum absolute atomic E-state index is 6.47. The van der Waals surface area contributed by atoms with Gasteiger partial charge in [0.25, 0.3) is 0 Å². The normalized spacial score (nSPS) is 18.8. The summed E-state index contributed by atoms with van der Waals surface area (Å²) in [5.41, 5.74) is 2.71. The van der Waals surface area contributed by atoms with Gasteiger partial charge in [-0.3, -0.25) is 0 Å². The zero-order valence-corrected chi connectivity index (χ0v) is 19.8. The molecule has 3 rings (SSSR count). The van der Waals surface area contributed by atoms with E-state index >= 15 is 0 Å². The summed E-state index contributed by atoms with van der Waals surface area (Å²) in [6.45, 7) is 0. The first-order valence-corrected chi connectivity index (χ1v) is 13.3. The molecule has 1 heterocycles. The molecule has 0 N–H and O–H groups in total. The van der Waals surface area contributed by atoms with Crippen LogP contribution in [0.3, 0.4) is 0 Å². The lowest BCUT2D eigenvalue weighted by Gasteiger charge is -2.14. The second kappa shape index (κ2) is 15.1. The topological polar surface area (TPSA) is 9.23 Å². The number of aryl methyl sites for hydroxylation is 2. The van der Waals surface area contributed by atoms with Crippen LogP contribution in [0.5, 0.6) is 11.5 Å². The van der Waals surface area contributed by atoms with Gasteiger partial charge in [0.15, 0.2) is 0 Å². The van der Waals surface area contributed by atoms with Crippen LogP contribution in [0.25, 0.3) is 0 Å². The van der Waals surface area contributed by atoms with E-state index in [1.165, 1.54) is 114 Å². The highest BCUT2D eigenvalue weighted by Crippen LogP contribution is 2.30. The average Bonchev–Trinajstić information content (AvgIpc) is 2.79. The van der Waals surface area contributed by atoms with Crippen LogP contribution in [0.2, 0.25) is 0 Å². The fourth-order valence-corrected chi connectivity index (χ4v) is 4.84. The maximum Gasteiger partial charge on any atom is 0.130 e. The third kappa shape index (κ3) is 9.50. The highest BCUT2D eigenvalue weighted by molar-refractivity contribution is 5.41. The van der Waals surface area contributed by atoms with Gasteiger partial charge in [-0.25, -0.2) is 0 Å². The Hall–Kier alpha value is -1.76. The number of ether oxygens (including phenoxy) is 1. The van der Waals surface area contributed by atoms with Crippen molar-refractivity contribution in [2.24, 2.45) is 0 Å². The van der Waals surface area contributed by atoms with Crippen LogP contribution in [0.1, 0.15) is 114 Å². The third-order valence-electron chi connectivity index (χ3n) is 6.81. The molecular formula is C30H44O. The van der Waals surface area contributed by atoms with Crippen molar-refractivity contribution in [3.63, 3.8) is 0 Å². The molecule has 0 aliphatic carbocycles. The first-order valence-electron chi connectivity index (χ1n) is 13.3. The number of hydrogen-bond acceptors (Lipinski definition) is 1. The van der Waals surface area contributed by atoms with E-state index < -0.39 is 0 Å². The Labute approximate surface area is 191 Å². The summed E-state index contributed by atoms with van der Waals surface area (Å²) in [6.07, 6.45) is 24.6. The molecule has 1 nitrogen and oxygen atoms in total. The maximum atomic E-state index is 6.47. The molecule has 1 heteroatoms. The first kappa shape index (κ1) is 23.9. The van der Waals surface area contributed by atoms with E-state index in [-0.39, 0.29) is 0 Å². The van der Waals surface area contributed by atoms with Crippen molar-refractivity contribution in [1.29, 1.82) is 0 Å². The summed E-state index contributed by atoms with van der Waals surface area (Å²) in [5, 5.41) is 0. The molecule has 0 spiro atoms. The Kier molecular flexibility index (Phi) is 11.6. The minimum absolute atomic E-state index is 1.05. The molecule has 0 aromatic heterocycles. The van der Waals surface area contributed by atoms with Crippen molar-refractivity contribution in [3.8, 4) is 11.5 Å². The van der Waals surface area contributed by atoms with Gasteiger partial charge in [0.05, 0.1) is 0 Å². The molecule has 1 aliphatic rings. The number of hydrogen-bond donors (Lipinski definition) is 0. The molecule has 0 saturated carbocycles. The van der Waals surface area contributed by atoms with Crippen LogP contribution < -0.4 is 4.74 Å². The summed E-state index contributed by atoms with van der Waals surface area (Å²) in [5.74, 6) is 2.10. The molecule has 2 aromatic carbocycles. The summed E-state index contributed by atoms with van der Waals surface area (Å²) in [4.78, 5) is 0. The first-order chi connectivity index (χ1) is 15.4.